The Balaban J connectivity index is 1.63. The van der Waals surface area contributed by atoms with Gasteiger partial charge in [-0.25, -0.2) is 0 Å². The predicted molar refractivity (Wildman–Crippen MR) is 390 cm³/mol. The highest BCUT2D eigenvalue weighted by molar-refractivity contribution is 5.82. The van der Waals surface area contributed by atoms with Crippen LogP contribution in [-0.2, 0) is 95.1 Å². The number of carbonyl (C=O) groups is 6. The second-order valence-electron chi connectivity index (χ2n) is 31.7. The summed E-state index contributed by atoms with van der Waals surface area (Å²) < 4.78 is 89.4. The van der Waals surface area contributed by atoms with Crippen LogP contribution in [0.4, 0.5) is 0 Å². The molecule has 0 aromatic carbocycles. The van der Waals surface area contributed by atoms with Gasteiger partial charge in [0.25, 0.3) is 0 Å². The first-order chi connectivity index (χ1) is 51.0. The first kappa shape index (κ1) is 93.1. The number of Topliss-reactive ketones (excluding diaryl/α,β-unsaturated/α-hetero) is 2. The first-order valence-electron chi connectivity index (χ1n) is 38.7. The highest BCUT2D eigenvalue weighted by atomic mass is 16.7. The average Bonchev–Trinajstić information content (AvgIpc) is 0.743. The zero-order chi connectivity index (χ0) is 80.6. The second-order valence-corrected chi connectivity index (χ2v) is 31.7. The highest BCUT2D eigenvalue weighted by Crippen LogP contribution is 2.47. The molecular formula is C78H132N2O28. The van der Waals surface area contributed by atoms with Crippen LogP contribution < -0.4 is 0 Å². The normalized spacial score (nSPS) is 44.9. The fourth-order valence-electron chi connectivity index (χ4n) is 17.3. The number of aliphatic hydroxyl groups excluding tert-OH is 8. The number of hydrogen-bond donors (Lipinski definition) is 8. The number of ketones is 2. The summed E-state index contributed by atoms with van der Waals surface area (Å²) in [6.45, 7) is 19.6. The molecule has 0 aliphatic carbocycles. The molecule has 0 saturated carbocycles. The van der Waals surface area contributed by atoms with Crippen LogP contribution in [0.3, 0.4) is 0 Å². The maximum absolute atomic E-state index is 15.3. The molecule has 8 N–H and O–H groups in total. The molecular weight excluding hydrogens is 1410 g/mol. The zero-order valence-electron chi connectivity index (χ0n) is 67.2. The predicted octanol–water partition coefficient (Wildman–Crippen LogP) is 3.04. The zero-order valence-corrected chi connectivity index (χ0v) is 67.2. The van der Waals surface area contributed by atoms with Gasteiger partial charge < -0.3 is 127 Å². The number of likely N-dealkylation sites (N-methyl/N-ethyl adjacent to an activating group) is 2. The van der Waals surface area contributed by atoms with Gasteiger partial charge in [0, 0.05) is 89.6 Å². The molecule has 108 heavy (non-hydrogen) atoms. The quantitative estimate of drug-likeness (QED) is 0.0414. The summed E-state index contributed by atoms with van der Waals surface area (Å²) in [5.41, 5.74) is 1.01. The molecule has 4 saturated heterocycles. The number of aliphatic hydroxyl groups is 8. The van der Waals surface area contributed by atoms with Crippen LogP contribution >= 0.6 is 0 Å². The van der Waals surface area contributed by atoms with Gasteiger partial charge in [-0.05, 0) is 119 Å². The van der Waals surface area contributed by atoms with E-state index >= 15 is 19.2 Å². The number of ether oxygens (including phenoxy) is 14. The number of rotatable bonds is 23. The molecule has 6 aliphatic heterocycles. The Morgan fingerprint density at radius 2 is 0.769 bits per heavy atom. The fourth-order valence-corrected chi connectivity index (χ4v) is 17.3. The van der Waals surface area contributed by atoms with E-state index in [4.69, 9.17) is 66.3 Å². The van der Waals surface area contributed by atoms with Crippen LogP contribution in [-0.4, -0.2) is 316 Å². The molecule has 36 atom stereocenters. The molecule has 0 spiro atoms. The number of esters is 2. The summed E-state index contributed by atoms with van der Waals surface area (Å²) >= 11 is 0. The van der Waals surface area contributed by atoms with Crippen molar-refractivity contribution < 1.29 is 136 Å². The van der Waals surface area contributed by atoms with Gasteiger partial charge in [0.15, 0.2) is 25.2 Å². The van der Waals surface area contributed by atoms with Crippen molar-refractivity contribution in [1.82, 2.24) is 9.80 Å². The SMILES string of the molecule is CC[C@H]1OC(=O)C[C@@H](O)[C@H](C)[C@@H](O[C@@H]2O[C@H](C)[C@@H](O)[C@@H](N(C)C)[C@H]2O)[C@@H](CC=O)C[C@@H](C)C(=O)C/C=C(\C)C(C2/C(C)=C/CC(=O)[C@H](C)C[C@H](CC=O)[C@H](O[C@@H]3O[C@H](C)[C@@H](O)[C@@H](N(C)C)[C@H]3O)[C@@H](C)[C@H](O)CC(=O)O[C@H](CC)[C@H]2CO[C@@H]2O[C@H](C)[C@@H](O)[C@@H](OC)[C@H]2OC)[C@@H]1CO[C@@H]1O[C@H](C)[C@@H](O)[C@@H](OC)[C@H]1OC. The van der Waals surface area contributed by atoms with Gasteiger partial charge in [0.05, 0.1) is 99.2 Å². The standard InChI is InChI=1S/C78H132N2O28/c1-21-55-49(35-99-77-73(97-19)71(95-17)65(91)45(11)103-77)59(37(3)23-25-51(83)39(5)31-47(27-29-81)69(41(7)53(85)33-57(87)105-55)107-75-67(93)61(79(13)14)63(89)43(9)101-75)60-38(4)24-26-52(84)40(6)32-48(28-30-82)70(108-76-68(94)62(80(15)16)64(90)44(10)102-76)42(8)54(86)34-58(88)106-56(22-2)50(60)36-100-78-74(98-20)72(96-18)66(92)46(12)104-78/h23-24,29-30,39-50,53-56,59-78,85-86,89-94H,21-22,25-28,31-36H2,1-20H3/b37-23+,38-24+/t39-,40-,41+,42+,43-,44-,45-,46-,47+,48+,49-,50-,53-,54-,55-,56-,59?,60?,61-,62-,63-,64-,65-,66-,67-,68-,69-,70-,71-,72-,73-,74-,75+,76+,77-,78-/m1/s1. The van der Waals surface area contributed by atoms with Crippen molar-refractivity contribution in [2.75, 3.05) is 69.8 Å². The minimum atomic E-state index is -1.58. The molecule has 6 rings (SSSR count). The van der Waals surface area contributed by atoms with E-state index in [9.17, 15) is 50.4 Å². The summed E-state index contributed by atoms with van der Waals surface area (Å²) in [6.07, 6.45) is -25.5. The van der Waals surface area contributed by atoms with Gasteiger partial charge in [-0.3, -0.25) is 19.2 Å². The smallest absolute Gasteiger partial charge is 0.308 e. The summed E-state index contributed by atoms with van der Waals surface area (Å²) in [7, 11) is 12.3. The van der Waals surface area contributed by atoms with E-state index in [1.807, 2.05) is 0 Å². The van der Waals surface area contributed by atoms with Crippen LogP contribution in [0.2, 0.25) is 0 Å². The number of methoxy groups -OCH3 is 4. The van der Waals surface area contributed by atoms with E-state index < -0.39 is 243 Å². The highest BCUT2D eigenvalue weighted by Gasteiger charge is 2.54. The molecule has 622 valence electrons. The van der Waals surface area contributed by atoms with Crippen molar-refractivity contribution >= 4 is 36.1 Å². The summed E-state index contributed by atoms with van der Waals surface area (Å²) in [6, 6.07) is -1.74. The third-order valence-electron chi connectivity index (χ3n) is 24.0. The van der Waals surface area contributed by atoms with Crippen LogP contribution in [0, 0.1) is 59.2 Å². The lowest BCUT2D eigenvalue weighted by molar-refractivity contribution is -0.308. The Labute approximate surface area is 638 Å². The minimum Gasteiger partial charge on any atom is -0.462 e. The van der Waals surface area contributed by atoms with E-state index in [-0.39, 0.29) is 76.1 Å². The number of aldehydes is 2. The lowest BCUT2D eigenvalue weighted by atomic mass is 9.65. The van der Waals surface area contributed by atoms with Crippen LogP contribution in [0.25, 0.3) is 0 Å². The van der Waals surface area contributed by atoms with Gasteiger partial charge in [0.1, 0.15) is 85.2 Å². The Bertz CT molecular complexity index is 2690. The van der Waals surface area contributed by atoms with Crippen molar-refractivity contribution in [2.45, 2.75) is 307 Å². The molecule has 0 aromatic rings. The lowest BCUT2D eigenvalue weighted by Gasteiger charge is -2.47. The number of nitrogens with zero attached hydrogens (tertiary/aromatic N) is 2. The van der Waals surface area contributed by atoms with Crippen molar-refractivity contribution in [2.24, 2.45) is 59.2 Å². The van der Waals surface area contributed by atoms with Crippen molar-refractivity contribution in [3.8, 4) is 0 Å². The molecule has 6 aliphatic rings. The number of allylic oxidation sites excluding steroid dienone is 4. The van der Waals surface area contributed by atoms with Gasteiger partial charge in [-0.2, -0.15) is 0 Å². The van der Waals surface area contributed by atoms with Crippen LogP contribution in [0.1, 0.15) is 147 Å². The molecule has 0 aromatic heterocycles. The van der Waals surface area contributed by atoms with Gasteiger partial charge in [-0.1, -0.05) is 64.8 Å². The molecule has 6 heterocycles. The molecule has 4 fully saturated rings. The van der Waals surface area contributed by atoms with E-state index in [2.05, 4.69) is 0 Å². The number of hydrogen-bond acceptors (Lipinski definition) is 30. The molecule has 30 heteroatoms. The molecule has 0 radical (unpaired) electrons. The van der Waals surface area contributed by atoms with Crippen LogP contribution in [0.15, 0.2) is 23.3 Å². The maximum atomic E-state index is 15.3. The Morgan fingerprint density at radius 1 is 0.454 bits per heavy atom. The third-order valence-corrected chi connectivity index (χ3v) is 24.0. The van der Waals surface area contributed by atoms with Gasteiger partial charge in [0.2, 0.25) is 0 Å². The Kier molecular flexibility index (Phi) is 37.1. The topological polar surface area (TPSA) is 400 Å². The second kappa shape index (κ2) is 43.1. The molecule has 0 amide bonds. The third kappa shape index (κ3) is 22.8. The monoisotopic (exact) mass is 1540 g/mol. The van der Waals surface area contributed by atoms with Gasteiger partial charge in [-0.15, -0.1) is 0 Å². The van der Waals surface area contributed by atoms with Crippen molar-refractivity contribution in [3.63, 3.8) is 0 Å². The minimum absolute atomic E-state index is 0.00588. The van der Waals surface area contributed by atoms with E-state index in [0.29, 0.717) is 23.7 Å². The summed E-state index contributed by atoms with van der Waals surface area (Å²) in [5.74, 6) is -11.9. The lowest BCUT2D eigenvalue weighted by Crippen LogP contribution is -2.63. The van der Waals surface area contributed by atoms with Crippen molar-refractivity contribution in [1.29, 1.82) is 0 Å². The van der Waals surface area contributed by atoms with Crippen molar-refractivity contribution in [3.05, 3.63) is 23.3 Å². The molecule has 2 unspecified atom stereocenters. The van der Waals surface area contributed by atoms with E-state index in [0.717, 1.165) is 0 Å². The number of cyclic esters (lactones) is 2. The average molecular weight is 1550 g/mol. The molecule has 0 bridgehead atoms. The van der Waals surface area contributed by atoms with Gasteiger partial charge >= 0.3 is 11.9 Å². The van der Waals surface area contributed by atoms with Crippen LogP contribution in [0.5, 0.6) is 0 Å². The van der Waals surface area contributed by atoms with E-state index in [1.54, 1.807) is 133 Å². The Hall–Kier alpha value is -3.78. The molecule has 30 nitrogen and oxygen atoms in total. The fraction of sp³-hybridized carbons (Fsp3) is 0.872. The number of carbonyl (C=O) groups excluding carboxylic acids is 6. The summed E-state index contributed by atoms with van der Waals surface area (Å²) in [4.78, 5) is 90.0. The maximum Gasteiger partial charge on any atom is 0.308 e. The van der Waals surface area contributed by atoms with E-state index in [1.165, 1.54) is 28.4 Å². The first-order valence-corrected chi connectivity index (χ1v) is 38.7. The largest absolute Gasteiger partial charge is 0.462 e. The Morgan fingerprint density at radius 3 is 1.06 bits per heavy atom. The summed E-state index contributed by atoms with van der Waals surface area (Å²) in [5, 5.41) is 93.8.